The first kappa shape index (κ1) is 15.0. The van der Waals surface area contributed by atoms with Gasteiger partial charge in [0.15, 0.2) is 0 Å². The first-order chi connectivity index (χ1) is 9.70. The van der Waals surface area contributed by atoms with Crippen LogP contribution in [0.4, 0.5) is 4.39 Å². The summed E-state index contributed by atoms with van der Waals surface area (Å²) in [5, 5.41) is 0. The molecule has 1 aliphatic rings. The number of halogens is 1. The number of hydrogen-bond donors (Lipinski definition) is 1. The topological polar surface area (TPSA) is 46.3 Å². The molecule has 1 amide bonds. The van der Waals surface area contributed by atoms with Crippen molar-refractivity contribution in [3.63, 3.8) is 0 Å². The van der Waals surface area contributed by atoms with Crippen LogP contribution in [0.15, 0.2) is 24.3 Å². The molecule has 0 saturated heterocycles. The van der Waals surface area contributed by atoms with E-state index < -0.39 is 0 Å². The SMILES string of the molecule is NCCCN(C(=O)Cc1cccc(F)c1)C1CCCC1. The predicted octanol–water partition coefficient (Wildman–Crippen LogP) is 2.49. The van der Waals surface area contributed by atoms with Crippen molar-refractivity contribution in [2.24, 2.45) is 5.73 Å². The molecule has 0 bridgehead atoms. The van der Waals surface area contributed by atoms with E-state index in [1.807, 2.05) is 4.90 Å². The Hall–Kier alpha value is -1.42. The molecule has 1 aliphatic carbocycles. The van der Waals surface area contributed by atoms with Gasteiger partial charge in [-0.3, -0.25) is 4.79 Å². The summed E-state index contributed by atoms with van der Waals surface area (Å²) in [5.41, 5.74) is 6.30. The van der Waals surface area contributed by atoms with E-state index in [1.165, 1.54) is 25.0 Å². The van der Waals surface area contributed by atoms with Crippen LogP contribution < -0.4 is 5.73 Å². The second-order valence-electron chi connectivity index (χ2n) is 5.47. The van der Waals surface area contributed by atoms with E-state index in [1.54, 1.807) is 12.1 Å². The molecule has 20 heavy (non-hydrogen) atoms. The van der Waals surface area contributed by atoms with Crippen molar-refractivity contribution in [2.75, 3.05) is 13.1 Å². The molecule has 0 unspecified atom stereocenters. The molecule has 3 nitrogen and oxygen atoms in total. The van der Waals surface area contributed by atoms with Crippen LogP contribution in [0.3, 0.4) is 0 Å². The summed E-state index contributed by atoms with van der Waals surface area (Å²) >= 11 is 0. The van der Waals surface area contributed by atoms with E-state index in [-0.39, 0.29) is 18.1 Å². The zero-order valence-electron chi connectivity index (χ0n) is 11.9. The van der Waals surface area contributed by atoms with Crippen LogP contribution in [-0.4, -0.2) is 29.9 Å². The molecule has 4 heteroatoms. The smallest absolute Gasteiger partial charge is 0.227 e. The zero-order chi connectivity index (χ0) is 14.4. The van der Waals surface area contributed by atoms with E-state index in [9.17, 15) is 9.18 Å². The van der Waals surface area contributed by atoms with Crippen molar-refractivity contribution < 1.29 is 9.18 Å². The Morgan fingerprint density at radius 1 is 1.35 bits per heavy atom. The van der Waals surface area contributed by atoms with Gasteiger partial charge in [0.1, 0.15) is 5.82 Å². The Kier molecular flexibility index (Phi) is 5.53. The minimum atomic E-state index is -0.287. The van der Waals surface area contributed by atoms with Crippen molar-refractivity contribution in [1.29, 1.82) is 0 Å². The number of benzene rings is 1. The Balaban J connectivity index is 2.01. The van der Waals surface area contributed by atoms with Crippen molar-refractivity contribution >= 4 is 5.91 Å². The van der Waals surface area contributed by atoms with Crippen molar-refractivity contribution in [1.82, 2.24) is 4.90 Å². The monoisotopic (exact) mass is 278 g/mol. The Labute approximate surface area is 120 Å². The van der Waals surface area contributed by atoms with Crippen LogP contribution in [0.25, 0.3) is 0 Å². The highest BCUT2D eigenvalue weighted by Crippen LogP contribution is 2.24. The average Bonchev–Trinajstić information content (AvgIpc) is 2.93. The summed E-state index contributed by atoms with van der Waals surface area (Å²) in [7, 11) is 0. The maximum Gasteiger partial charge on any atom is 0.227 e. The van der Waals surface area contributed by atoms with Gasteiger partial charge in [-0.15, -0.1) is 0 Å². The minimum Gasteiger partial charge on any atom is -0.339 e. The van der Waals surface area contributed by atoms with Crippen molar-refractivity contribution in [2.45, 2.75) is 44.6 Å². The number of amides is 1. The summed E-state index contributed by atoms with van der Waals surface area (Å²) < 4.78 is 13.2. The van der Waals surface area contributed by atoms with E-state index >= 15 is 0 Å². The number of carbonyl (C=O) groups excluding carboxylic acids is 1. The maximum atomic E-state index is 13.2. The van der Waals surface area contributed by atoms with Gasteiger partial charge >= 0.3 is 0 Å². The van der Waals surface area contributed by atoms with Gasteiger partial charge < -0.3 is 10.6 Å². The van der Waals surface area contributed by atoms with Crippen LogP contribution in [0.5, 0.6) is 0 Å². The number of carbonyl (C=O) groups is 1. The van der Waals surface area contributed by atoms with E-state index in [4.69, 9.17) is 5.73 Å². The molecule has 0 heterocycles. The van der Waals surface area contributed by atoms with Gasteiger partial charge in [0.25, 0.3) is 0 Å². The summed E-state index contributed by atoms with van der Waals surface area (Å²) in [4.78, 5) is 14.4. The lowest BCUT2D eigenvalue weighted by Crippen LogP contribution is -2.41. The number of nitrogens with zero attached hydrogens (tertiary/aromatic N) is 1. The lowest BCUT2D eigenvalue weighted by molar-refractivity contribution is -0.132. The van der Waals surface area contributed by atoms with Crippen LogP contribution in [-0.2, 0) is 11.2 Å². The first-order valence-corrected chi connectivity index (χ1v) is 7.44. The highest BCUT2D eigenvalue weighted by molar-refractivity contribution is 5.79. The predicted molar refractivity (Wildman–Crippen MR) is 77.7 cm³/mol. The molecule has 110 valence electrons. The Bertz CT molecular complexity index is 444. The van der Waals surface area contributed by atoms with Gasteiger partial charge in [0, 0.05) is 12.6 Å². The van der Waals surface area contributed by atoms with E-state index in [0.29, 0.717) is 12.6 Å². The van der Waals surface area contributed by atoms with Crippen LogP contribution in [0, 0.1) is 5.82 Å². The van der Waals surface area contributed by atoms with Crippen LogP contribution in [0.2, 0.25) is 0 Å². The first-order valence-electron chi connectivity index (χ1n) is 7.44. The third-order valence-electron chi connectivity index (χ3n) is 3.93. The Morgan fingerprint density at radius 3 is 2.75 bits per heavy atom. The molecule has 1 aromatic rings. The summed E-state index contributed by atoms with van der Waals surface area (Å²) in [6.45, 7) is 1.31. The highest BCUT2D eigenvalue weighted by Gasteiger charge is 2.26. The Morgan fingerprint density at radius 2 is 2.10 bits per heavy atom. The summed E-state index contributed by atoms with van der Waals surface area (Å²) in [6, 6.07) is 6.64. The number of rotatable bonds is 6. The number of hydrogen-bond acceptors (Lipinski definition) is 2. The minimum absolute atomic E-state index is 0.0935. The largest absolute Gasteiger partial charge is 0.339 e. The fourth-order valence-electron chi connectivity index (χ4n) is 2.91. The lowest BCUT2D eigenvalue weighted by Gasteiger charge is -2.29. The summed E-state index contributed by atoms with van der Waals surface area (Å²) in [6.07, 6.45) is 5.65. The van der Waals surface area contributed by atoms with Crippen molar-refractivity contribution in [3.05, 3.63) is 35.6 Å². The quantitative estimate of drug-likeness (QED) is 0.869. The van der Waals surface area contributed by atoms with Gasteiger partial charge in [-0.25, -0.2) is 4.39 Å². The molecule has 2 N–H and O–H groups in total. The molecule has 0 spiro atoms. The molecular weight excluding hydrogens is 255 g/mol. The zero-order valence-corrected chi connectivity index (χ0v) is 11.9. The van der Waals surface area contributed by atoms with E-state index in [2.05, 4.69) is 0 Å². The fourth-order valence-corrected chi connectivity index (χ4v) is 2.91. The van der Waals surface area contributed by atoms with Crippen LogP contribution in [0.1, 0.15) is 37.7 Å². The van der Waals surface area contributed by atoms with Crippen LogP contribution >= 0.6 is 0 Å². The third kappa shape index (κ3) is 4.04. The molecule has 0 radical (unpaired) electrons. The second kappa shape index (κ2) is 7.39. The molecule has 2 rings (SSSR count). The lowest BCUT2D eigenvalue weighted by atomic mass is 10.1. The average molecular weight is 278 g/mol. The molecule has 1 aromatic carbocycles. The highest BCUT2D eigenvalue weighted by atomic mass is 19.1. The fraction of sp³-hybridized carbons (Fsp3) is 0.562. The van der Waals surface area contributed by atoms with Gasteiger partial charge in [0.05, 0.1) is 6.42 Å². The molecule has 0 aromatic heterocycles. The summed E-state index contributed by atoms with van der Waals surface area (Å²) in [5.74, 6) is -0.194. The van der Waals surface area contributed by atoms with Gasteiger partial charge in [-0.2, -0.15) is 0 Å². The third-order valence-corrected chi connectivity index (χ3v) is 3.93. The number of nitrogens with two attached hydrogens (primary N) is 1. The van der Waals surface area contributed by atoms with Gasteiger partial charge in [0.2, 0.25) is 5.91 Å². The van der Waals surface area contributed by atoms with E-state index in [0.717, 1.165) is 31.4 Å². The maximum absolute atomic E-state index is 13.2. The second-order valence-corrected chi connectivity index (χ2v) is 5.47. The molecule has 1 fully saturated rings. The molecular formula is C16H23FN2O. The standard InChI is InChI=1S/C16H23FN2O/c17-14-6-3-5-13(11-14)12-16(20)19(10-4-9-18)15-7-1-2-8-15/h3,5-6,11,15H,1-2,4,7-10,12,18H2. The van der Waals surface area contributed by atoms with Gasteiger partial charge in [-0.1, -0.05) is 25.0 Å². The molecule has 0 atom stereocenters. The van der Waals surface area contributed by atoms with Gasteiger partial charge in [-0.05, 0) is 43.5 Å². The van der Waals surface area contributed by atoms with Crippen molar-refractivity contribution in [3.8, 4) is 0 Å². The molecule has 1 saturated carbocycles. The normalized spacial score (nSPS) is 15.5. The molecule has 0 aliphatic heterocycles.